The zero-order valence-corrected chi connectivity index (χ0v) is 14.6. The highest BCUT2D eigenvalue weighted by Gasteiger charge is 2.12. The number of aryl methyl sites for hydroxylation is 1. The summed E-state index contributed by atoms with van der Waals surface area (Å²) >= 11 is 0. The van der Waals surface area contributed by atoms with E-state index in [1.807, 2.05) is 30.3 Å². The molecule has 26 heavy (non-hydrogen) atoms. The number of fused-ring (bicyclic) bond motifs is 3. The minimum atomic E-state index is -0.267. The van der Waals surface area contributed by atoms with Gasteiger partial charge in [0.1, 0.15) is 5.82 Å². The molecular formula is C18H22N6O2. The van der Waals surface area contributed by atoms with Crippen molar-refractivity contribution in [2.24, 2.45) is 0 Å². The molecule has 0 radical (unpaired) electrons. The predicted octanol–water partition coefficient (Wildman–Crippen LogP) is 1.21. The van der Waals surface area contributed by atoms with Crippen LogP contribution in [0.3, 0.4) is 0 Å². The summed E-state index contributed by atoms with van der Waals surface area (Å²) in [4.78, 5) is 27.3. The molecule has 5 N–H and O–H groups in total. The number of pyridine rings is 1. The number of amides is 3. The summed E-state index contributed by atoms with van der Waals surface area (Å²) in [5.41, 5.74) is 7.83. The fourth-order valence-corrected chi connectivity index (χ4v) is 2.97. The number of benzene rings is 1. The van der Waals surface area contributed by atoms with Gasteiger partial charge < -0.3 is 26.3 Å². The Hall–Kier alpha value is -3.29. The molecule has 0 saturated heterocycles. The number of para-hydroxylation sites is 1. The van der Waals surface area contributed by atoms with Crippen molar-refractivity contribution in [1.82, 2.24) is 25.5 Å². The Morgan fingerprint density at radius 1 is 1.12 bits per heavy atom. The number of nitrogens with one attached hydrogen (secondary N) is 3. The highest BCUT2D eigenvalue weighted by Crippen LogP contribution is 2.29. The van der Waals surface area contributed by atoms with Gasteiger partial charge in [-0.2, -0.15) is 0 Å². The fourth-order valence-electron chi connectivity index (χ4n) is 2.97. The second-order valence-electron chi connectivity index (χ2n) is 5.90. The Bertz CT molecular complexity index is 949. The third kappa shape index (κ3) is 3.69. The summed E-state index contributed by atoms with van der Waals surface area (Å²) in [6.07, 6.45) is 2.08. The van der Waals surface area contributed by atoms with Crippen molar-refractivity contribution >= 4 is 39.6 Å². The number of hydrogen-bond donors (Lipinski definition) is 4. The van der Waals surface area contributed by atoms with Crippen LogP contribution in [0.1, 0.15) is 6.42 Å². The van der Waals surface area contributed by atoms with Gasteiger partial charge in [-0.05, 0) is 12.1 Å². The first-order valence-electron chi connectivity index (χ1n) is 8.45. The standard InChI is InChI=1S/C18H22N6O2/c1-20-18(26)22-8-7-21-17(25)6-9-24-14-5-3-2-4-12(14)13-10-16(19)23-11-15(13)24/h2-5,10-11H,6-9H2,1H3,(H2,19,23)(H,21,25)(H2,20,22,26). The molecule has 0 aliphatic carbocycles. The van der Waals surface area contributed by atoms with E-state index >= 15 is 0 Å². The highest BCUT2D eigenvalue weighted by atomic mass is 16.2. The number of aromatic nitrogens is 2. The summed E-state index contributed by atoms with van der Waals surface area (Å²) < 4.78 is 2.08. The second-order valence-corrected chi connectivity index (χ2v) is 5.90. The quantitative estimate of drug-likeness (QED) is 0.498. The van der Waals surface area contributed by atoms with Crippen LogP contribution in [0.25, 0.3) is 21.8 Å². The van der Waals surface area contributed by atoms with Crippen LogP contribution in [0.5, 0.6) is 0 Å². The lowest BCUT2D eigenvalue weighted by Crippen LogP contribution is -2.38. The lowest BCUT2D eigenvalue weighted by atomic mass is 10.2. The Balaban J connectivity index is 1.68. The van der Waals surface area contributed by atoms with Crippen molar-refractivity contribution in [3.8, 4) is 0 Å². The number of nitrogens with zero attached hydrogens (tertiary/aromatic N) is 2. The number of hydrogen-bond acceptors (Lipinski definition) is 4. The maximum absolute atomic E-state index is 12.1. The topological polar surface area (TPSA) is 114 Å². The predicted molar refractivity (Wildman–Crippen MR) is 102 cm³/mol. The van der Waals surface area contributed by atoms with Crippen molar-refractivity contribution in [3.63, 3.8) is 0 Å². The summed E-state index contributed by atoms with van der Waals surface area (Å²) in [7, 11) is 1.54. The lowest BCUT2D eigenvalue weighted by molar-refractivity contribution is -0.121. The summed E-state index contributed by atoms with van der Waals surface area (Å²) in [5.74, 6) is 0.403. The molecule has 2 aromatic heterocycles. The van der Waals surface area contributed by atoms with E-state index in [2.05, 4.69) is 25.5 Å². The molecule has 3 amide bonds. The highest BCUT2D eigenvalue weighted by molar-refractivity contribution is 6.08. The normalized spacial score (nSPS) is 10.8. The van der Waals surface area contributed by atoms with Gasteiger partial charge in [0.25, 0.3) is 0 Å². The average molecular weight is 354 g/mol. The van der Waals surface area contributed by atoms with Crippen LogP contribution in [-0.2, 0) is 11.3 Å². The molecule has 8 nitrogen and oxygen atoms in total. The number of urea groups is 1. The van der Waals surface area contributed by atoms with Gasteiger partial charge in [-0.1, -0.05) is 18.2 Å². The van der Waals surface area contributed by atoms with Crippen LogP contribution in [0.4, 0.5) is 10.6 Å². The zero-order valence-electron chi connectivity index (χ0n) is 14.6. The van der Waals surface area contributed by atoms with E-state index in [9.17, 15) is 9.59 Å². The molecule has 0 bridgehead atoms. The minimum Gasteiger partial charge on any atom is -0.384 e. The van der Waals surface area contributed by atoms with Crippen LogP contribution in [-0.4, -0.2) is 41.6 Å². The van der Waals surface area contributed by atoms with E-state index in [-0.39, 0.29) is 11.9 Å². The second kappa shape index (κ2) is 7.73. The van der Waals surface area contributed by atoms with Crippen LogP contribution in [0.2, 0.25) is 0 Å². The summed E-state index contributed by atoms with van der Waals surface area (Å²) in [6, 6.07) is 9.61. The maximum Gasteiger partial charge on any atom is 0.314 e. The molecule has 8 heteroatoms. The molecule has 2 heterocycles. The van der Waals surface area contributed by atoms with Gasteiger partial charge in [0.15, 0.2) is 0 Å². The number of carbonyl (C=O) groups excluding carboxylic acids is 2. The molecule has 0 spiro atoms. The first kappa shape index (κ1) is 17.5. The molecule has 0 atom stereocenters. The molecule has 0 unspecified atom stereocenters. The Labute approximate surface area is 150 Å². The molecular weight excluding hydrogens is 332 g/mol. The van der Waals surface area contributed by atoms with Gasteiger partial charge in [0.2, 0.25) is 5.91 Å². The van der Waals surface area contributed by atoms with Crippen LogP contribution >= 0.6 is 0 Å². The third-order valence-electron chi connectivity index (χ3n) is 4.20. The number of rotatable bonds is 6. The molecule has 136 valence electrons. The molecule has 0 fully saturated rings. The molecule has 0 aliphatic heterocycles. The van der Waals surface area contributed by atoms with Crippen LogP contribution in [0.15, 0.2) is 36.5 Å². The van der Waals surface area contributed by atoms with Crippen molar-refractivity contribution in [3.05, 3.63) is 36.5 Å². The molecule has 3 aromatic rings. The van der Waals surface area contributed by atoms with Gasteiger partial charge in [-0.25, -0.2) is 9.78 Å². The molecule has 3 rings (SSSR count). The third-order valence-corrected chi connectivity index (χ3v) is 4.20. The fraction of sp³-hybridized carbons (Fsp3) is 0.278. The Morgan fingerprint density at radius 3 is 2.69 bits per heavy atom. The molecule has 0 saturated carbocycles. The van der Waals surface area contributed by atoms with Gasteiger partial charge in [-0.3, -0.25) is 4.79 Å². The summed E-state index contributed by atoms with van der Waals surface area (Å²) in [6.45, 7) is 1.30. The largest absolute Gasteiger partial charge is 0.384 e. The van der Waals surface area contributed by atoms with E-state index in [1.165, 1.54) is 0 Å². The van der Waals surface area contributed by atoms with Crippen LogP contribution < -0.4 is 21.7 Å². The van der Waals surface area contributed by atoms with E-state index in [0.29, 0.717) is 31.9 Å². The number of nitrogens with two attached hydrogens (primary N) is 1. The minimum absolute atomic E-state index is 0.0713. The SMILES string of the molecule is CNC(=O)NCCNC(=O)CCn1c2ccccc2c2cc(N)ncc21. The first-order chi connectivity index (χ1) is 12.6. The number of anilines is 1. The maximum atomic E-state index is 12.1. The van der Waals surface area contributed by atoms with Crippen LogP contribution in [0, 0.1) is 0 Å². The monoisotopic (exact) mass is 354 g/mol. The number of nitrogen functional groups attached to an aromatic ring is 1. The summed E-state index contributed by atoms with van der Waals surface area (Å²) in [5, 5.41) is 9.99. The smallest absolute Gasteiger partial charge is 0.314 e. The Kier molecular flexibility index (Phi) is 5.21. The van der Waals surface area contributed by atoms with E-state index in [4.69, 9.17) is 5.73 Å². The van der Waals surface area contributed by atoms with Gasteiger partial charge >= 0.3 is 6.03 Å². The van der Waals surface area contributed by atoms with Crippen molar-refractivity contribution in [2.45, 2.75) is 13.0 Å². The van der Waals surface area contributed by atoms with Gasteiger partial charge in [0.05, 0.1) is 11.7 Å². The lowest BCUT2D eigenvalue weighted by Gasteiger charge is -2.09. The zero-order chi connectivity index (χ0) is 18.5. The molecule has 1 aromatic carbocycles. The Morgan fingerprint density at radius 2 is 1.88 bits per heavy atom. The van der Waals surface area contributed by atoms with Gasteiger partial charge in [-0.15, -0.1) is 0 Å². The first-order valence-corrected chi connectivity index (χ1v) is 8.45. The van der Waals surface area contributed by atoms with Gasteiger partial charge in [0, 0.05) is 49.4 Å². The molecule has 0 aliphatic rings. The van der Waals surface area contributed by atoms with Crippen molar-refractivity contribution in [2.75, 3.05) is 25.9 Å². The van der Waals surface area contributed by atoms with Crippen molar-refractivity contribution in [1.29, 1.82) is 0 Å². The number of carbonyl (C=O) groups is 2. The average Bonchev–Trinajstić information content (AvgIpc) is 2.96. The van der Waals surface area contributed by atoms with E-state index < -0.39 is 0 Å². The van der Waals surface area contributed by atoms with Crippen molar-refractivity contribution < 1.29 is 9.59 Å². The van der Waals surface area contributed by atoms with E-state index in [0.717, 1.165) is 21.8 Å². The van der Waals surface area contributed by atoms with E-state index in [1.54, 1.807) is 13.2 Å².